The van der Waals surface area contributed by atoms with Crippen molar-refractivity contribution in [2.75, 3.05) is 19.8 Å². The fourth-order valence-electron chi connectivity index (χ4n) is 8.72. The quantitative estimate of drug-likeness (QED) is 0.110. The van der Waals surface area contributed by atoms with Gasteiger partial charge in [0, 0.05) is 35.5 Å². The molecule has 1 aliphatic heterocycles. The monoisotopic (exact) mass is 815 g/mol. The summed E-state index contributed by atoms with van der Waals surface area (Å²) in [5.41, 5.74) is 4.64. The van der Waals surface area contributed by atoms with Gasteiger partial charge in [-0.05, 0) is 125 Å². The lowest BCUT2D eigenvalue weighted by molar-refractivity contribution is -0.144. The van der Waals surface area contributed by atoms with Crippen LogP contribution in [-0.4, -0.2) is 54.0 Å². The smallest absolute Gasteiger partial charge is 0.407 e. The highest BCUT2D eigenvalue weighted by Crippen LogP contribution is 2.54. The molecule has 13 heteroatoms. The molecule has 0 unspecified atom stereocenters. The van der Waals surface area contributed by atoms with Gasteiger partial charge in [0.1, 0.15) is 17.7 Å². The number of fused-ring (bicyclic) bond motifs is 2. The molecule has 10 nitrogen and oxygen atoms in total. The lowest BCUT2D eigenvalue weighted by atomic mass is 9.57. The van der Waals surface area contributed by atoms with Crippen molar-refractivity contribution >= 4 is 25.7 Å². The summed E-state index contributed by atoms with van der Waals surface area (Å²) in [6.07, 6.45) is 10.8. The maximum Gasteiger partial charge on any atom is 0.407 e. The number of aromatic nitrogens is 2. The number of esters is 1. The zero-order valence-corrected chi connectivity index (χ0v) is 34.3. The van der Waals surface area contributed by atoms with E-state index in [4.69, 9.17) is 18.5 Å². The standard InChI is InChI=1S/C29H33FN2O4.C16H19FNO3P/c1-3-35-29(34)32-23-10-11-24-20(14-23)15-26-27(17(2)36-28(26)33)25(24)12-9-22-8-7-19(16-31-22)18-5-4-6-21(30)13-18;1-3-20-22(19,21-4-2)12-16-9-8-14(11-18-16)13-6-5-7-15(17)10-13/h4-9,12-13,16-17,20,23-27H,3,10-11,14-15H2,1-2H3,(H,32,34);5-11H,3-4,12H2,1-2H3/b12-9+;/t17-,20+,23-,24-,25+,26-,27+;/m1./s1. The average Bonchev–Trinajstić information content (AvgIpc) is 3.49. The molecule has 308 valence electrons. The van der Waals surface area contributed by atoms with E-state index in [-0.39, 0.29) is 59.8 Å². The van der Waals surface area contributed by atoms with E-state index in [9.17, 15) is 22.9 Å². The third-order valence-corrected chi connectivity index (χ3v) is 13.2. The molecule has 2 saturated carbocycles. The minimum absolute atomic E-state index is 0.0679. The Kier molecular flexibility index (Phi) is 14.6. The highest BCUT2D eigenvalue weighted by Gasteiger charge is 2.54. The van der Waals surface area contributed by atoms with Crippen molar-refractivity contribution in [1.29, 1.82) is 0 Å². The Bertz CT molecular complexity index is 2070. The van der Waals surface area contributed by atoms with Crippen LogP contribution in [0.1, 0.15) is 64.8 Å². The van der Waals surface area contributed by atoms with Crippen molar-refractivity contribution in [1.82, 2.24) is 15.3 Å². The summed E-state index contributed by atoms with van der Waals surface area (Å²) in [4.78, 5) is 33.5. The summed E-state index contributed by atoms with van der Waals surface area (Å²) in [6.45, 7) is 8.33. The first-order valence-corrected chi connectivity index (χ1v) is 21.8. The largest absolute Gasteiger partial charge is 0.462 e. The van der Waals surface area contributed by atoms with Crippen LogP contribution in [0.2, 0.25) is 0 Å². The Morgan fingerprint density at radius 3 is 2.09 bits per heavy atom. The number of carbonyl (C=O) groups excluding carboxylic acids is 2. The van der Waals surface area contributed by atoms with Gasteiger partial charge < -0.3 is 23.8 Å². The van der Waals surface area contributed by atoms with Gasteiger partial charge in [-0.2, -0.15) is 0 Å². The molecule has 2 aromatic carbocycles. The molecule has 1 amide bonds. The molecular weight excluding hydrogens is 763 g/mol. The third kappa shape index (κ3) is 10.8. The van der Waals surface area contributed by atoms with Crippen LogP contribution in [0, 0.1) is 41.2 Å². The minimum atomic E-state index is -3.16. The minimum Gasteiger partial charge on any atom is -0.462 e. The van der Waals surface area contributed by atoms with Crippen LogP contribution in [-0.2, 0) is 34.0 Å². The number of halogens is 2. The number of benzene rings is 2. The Hall–Kier alpha value is -4.77. The Morgan fingerprint density at radius 2 is 1.52 bits per heavy atom. The molecule has 7 rings (SSSR count). The van der Waals surface area contributed by atoms with E-state index < -0.39 is 7.60 Å². The van der Waals surface area contributed by atoms with Crippen LogP contribution in [0.3, 0.4) is 0 Å². The number of alkyl carbamates (subject to hydrolysis) is 1. The second kappa shape index (κ2) is 19.8. The van der Waals surface area contributed by atoms with Gasteiger partial charge in [-0.15, -0.1) is 0 Å². The average molecular weight is 816 g/mol. The van der Waals surface area contributed by atoms with Gasteiger partial charge >= 0.3 is 19.7 Å². The zero-order valence-electron chi connectivity index (χ0n) is 33.4. The van der Waals surface area contributed by atoms with Gasteiger partial charge in [-0.3, -0.25) is 19.3 Å². The van der Waals surface area contributed by atoms with Gasteiger partial charge in [-0.1, -0.05) is 42.5 Å². The number of nitrogens with zero attached hydrogens (tertiary/aromatic N) is 2. The molecule has 3 heterocycles. The third-order valence-electron chi connectivity index (χ3n) is 11.2. The summed E-state index contributed by atoms with van der Waals surface area (Å²) in [7, 11) is -3.16. The first kappa shape index (κ1) is 42.8. The first-order chi connectivity index (χ1) is 28.0. The number of hydrogen-bond acceptors (Lipinski definition) is 9. The Labute approximate surface area is 339 Å². The summed E-state index contributed by atoms with van der Waals surface area (Å²) in [5, 5.41) is 3.00. The van der Waals surface area contributed by atoms with E-state index in [1.807, 2.05) is 43.3 Å². The van der Waals surface area contributed by atoms with Crippen molar-refractivity contribution in [2.45, 2.75) is 71.7 Å². The van der Waals surface area contributed by atoms with Gasteiger partial charge in [0.05, 0.1) is 43.3 Å². The molecule has 3 fully saturated rings. The van der Waals surface area contributed by atoms with Gasteiger partial charge in [0.25, 0.3) is 0 Å². The number of ether oxygens (including phenoxy) is 2. The van der Waals surface area contributed by atoms with E-state index in [2.05, 4.69) is 21.4 Å². The molecule has 2 aromatic heterocycles. The van der Waals surface area contributed by atoms with Crippen LogP contribution in [0.4, 0.5) is 13.6 Å². The molecule has 7 atom stereocenters. The first-order valence-electron chi connectivity index (χ1n) is 20.1. The fourth-order valence-corrected chi connectivity index (χ4v) is 10.3. The summed E-state index contributed by atoms with van der Waals surface area (Å²) in [6, 6.07) is 20.3. The van der Waals surface area contributed by atoms with E-state index in [1.165, 1.54) is 24.3 Å². The maximum absolute atomic E-state index is 13.6. The van der Waals surface area contributed by atoms with Crippen molar-refractivity contribution in [3.05, 3.63) is 114 Å². The molecule has 0 spiro atoms. The molecular formula is C45H52F2N3O7P. The molecule has 2 aliphatic carbocycles. The van der Waals surface area contributed by atoms with Crippen LogP contribution >= 0.6 is 7.60 Å². The Balaban J connectivity index is 0.000000221. The Morgan fingerprint density at radius 1 is 0.862 bits per heavy atom. The predicted molar refractivity (Wildman–Crippen MR) is 218 cm³/mol. The van der Waals surface area contributed by atoms with Crippen molar-refractivity contribution in [3.63, 3.8) is 0 Å². The van der Waals surface area contributed by atoms with Crippen LogP contribution in [0.15, 0.2) is 91.3 Å². The topological polar surface area (TPSA) is 126 Å². The van der Waals surface area contributed by atoms with Crippen molar-refractivity contribution in [2.24, 2.45) is 29.6 Å². The molecule has 1 saturated heterocycles. The normalized spacial score (nSPS) is 23.9. The number of amides is 1. The number of cyclic esters (lactones) is 1. The summed E-state index contributed by atoms with van der Waals surface area (Å²) in [5.74, 6) is 0.336. The summed E-state index contributed by atoms with van der Waals surface area (Å²) < 4.78 is 60.5. The lowest BCUT2D eigenvalue weighted by Crippen LogP contribution is -2.48. The highest BCUT2D eigenvalue weighted by atomic mass is 31.2. The predicted octanol–water partition coefficient (Wildman–Crippen LogP) is 10.3. The summed E-state index contributed by atoms with van der Waals surface area (Å²) >= 11 is 0. The maximum atomic E-state index is 13.6. The van der Waals surface area contributed by atoms with Crippen LogP contribution in [0.25, 0.3) is 28.3 Å². The van der Waals surface area contributed by atoms with Gasteiger partial charge in [0.2, 0.25) is 0 Å². The SMILES string of the molecule is CCOC(=O)N[C@@H]1CC[C@@H]2[C@@H](C1)C[C@H]1C(=O)O[C@H](C)[C@H]1[C@H]2/C=C/c1ccc(-c2cccc(F)c2)cn1.CCOP(=O)(Cc1ccc(-c2cccc(F)c2)cn1)OCC. The number of nitrogens with one attached hydrogen (secondary N) is 1. The van der Waals surface area contributed by atoms with E-state index in [0.717, 1.165) is 53.6 Å². The van der Waals surface area contributed by atoms with Crippen molar-refractivity contribution < 1.29 is 41.5 Å². The molecule has 3 aliphatic rings. The van der Waals surface area contributed by atoms with Crippen LogP contribution < -0.4 is 5.32 Å². The van der Waals surface area contributed by atoms with Gasteiger partial charge in [0.15, 0.2) is 0 Å². The second-order valence-corrected chi connectivity index (χ2v) is 17.0. The van der Waals surface area contributed by atoms with E-state index in [0.29, 0.717) is 37.4 Å². The number of carbonyl (C=O) groups is 2. The van der Waals surface area contributed by atoms with E-state index in [1.54, 1.807) is 51.4 Å². The molecule has 0 bridgehead atoms. The van der Waals surface area contributed by atoms with Crippen molar-refractivity contribution in [3.8, 4) is 22.3 Å². The number of rotatable bonds is 12. The lowest BCUT2D eigenvalue weighted by Gasteiger charge is -2.47. The fraction of sp³-hybridized carbons (Fsp3) is 0.422. The number of allylic oxidation sites excluding steroid dienone is 1. The molecule has 58 heavy (non-hydrogen) atoms. The van der Waals surface area contributed by atoms with E-state index >= 15 is 0 Å². The highest BCUT2D eigenvalue weighted by molar-refractivity contribution is 7.53. The zero-order chi connectivity index (χ0) is 41.2. The number of pyridine rings is 2. The second-order valence-electron chi connectivity index (χ2n) is 14.9. The molecule has 1 N–H and O–H groups in total. The molecule has 0 radical (unpaired) electrons. The van der Waals surface area contributed by atoms with Gasteiger partial charge in [-0.25, -0.2) is 13.6 Å². The number of hydrogen-bond donors (Lipinski definition) is 1. The van der Waals surface area contributed by atoms with Crippen LogP contribution in [0.5, 0.6) is 0 Å². The molecule has 4 aromatic rings.